The van der Waals surface area contributed by atoms with Crippen LogP contribution < -0.4 is 4.90 Å². The van der Waals surface area contributed by atoms with Crippen LogP contribution in [-0.2, 0) is 0 Å². The molecule has 0 aliphatic carbocycles. The summed E-state index contributed by atoms with van der Waals surface area (Å²) in [6.07, 6.45) is 3.50. The van der Waals surface area contributed by atoms with E-state index in [4.69, 9.17) is 4.98 Å². The van der Waals surface area contributed by atoms with Crippen LogP contribution in [0.4, 0.5) is 17.1 Å². The van der Waals surface area contributed by atoms with Crippen molar-refractivity contribution in [1.29, 1.82) is 0 Å². The van der Waals surface area contributed by atoms with Crippen molar-refractivity contribution in [1.82, 2.24) is 15.0 Å². The molecule has 0 fully saturated rings. The smallest absolute Gasteiger partial charge is 0.126 e. The maximum Gasteiger partial charge on any atom is 0.126 e. The van der Waals surface area contributed by atoms with Crippen molar-refractivity contribution in [3.05, 3.63) is 207 Å². The van der Waals surface area contributed by atoms with Gasteiger partial charge in [0.15, 0.2) is 0 Å². The lowest BCUT2D eigenvalue weighted by Gasteiger charge is -2.26. The van der Waals surface area contributed by atoms with E-state index in [0.717, 1.165) is 48.8 Å². The van der Waals surface area contributed by atoms with Crippen LogP contribution in [0.1, 0.15) is 0 Å². The summed E-state index contributed by atoms with van der Waals surface area (Å²) in [4.78, 5) is 17.3. The van der Waals surface area contributed by atoms with E-state index in [-0.39, 0.29) is 0 Å². The molecular weight excluding hydrogens is 749 g/mol. The van der Waals surface area contributed by atoms with Crippen LogP contribution in [0.25, 0.3) is 97.0 Å². The van der Waals surface area contributed by atoms with Gasteiger partial charge in [-0.1, -0.05) is 109 Å². The topological polar surface area (TPSA) is 41.9 Å². The minimum atomic E-state index is 0.918. The number of hydrogen-bond donors (Lipinski definition) is 0. The molecule has 0 saturated carbocycles. The predicted molar refractivity (Wildman–Crippen MR) is 254 cm³/mol. The molecule has 0 aliphatic heterocycles. The molecule has 0 radical (unpaired) electrons. The van der Waals surface area contributed by atoms with Crippen molar-refractivity contribution in [3.8, 4) is 33.5 Å². The third kappa shape index (κ3) is 5.95. The molecule has 0 aliphatic rings. The molecule has 0 atom stereocenters. The highest BCUT2D eigenvalue weighted by Crippen LogP contribution is 2.41. The second kappa shape index (κ2) is 14.0. The largest absolute Gasteiger partial charge is 0.311 e. The number of pyridine rings is 1. The highest BCUT2D eigenvalue weighted by molar-refractivity contribution is 7.25. The Morgan fingerprint density at radius 3 is 1.32 bits per heavy atom. The lowest BCUT2D eigenvalue weighted by atomic mass is 9.98. The van der Waals surface area contributed by atoms with E-state index in [9.17, 15) is 0 Å². The van der Waals surface area contributed by atoms with Gasteiger partial charge in [0.05, 0.1) is 15.9 Å². The van der Waals surface area contributed by atoms with Gasteiger partial charge in [-0.15, -0.1) is 11.3 Å². The zero-order valence-electron chi connectivity index (χ0n) is 32.3. The molecule has 12 aromatic rings. The molecule has 9 aromatic carbocycles. The van der Waals surface area contributed by atoms with Crippen LogP contribution in [0.5, 0.6) is 0 Å². The molecule has 0 bridgehead atoms. The Bertz CT molecular complexity index is 3430. The third-order valence-corrected chi connectivity index (χ3v) is 12.9. The van der Waals surface area contributed by atoms with Gasteiger partial charge < -0.3 is 4.90 Å². The molecule has 0 amide bonds. The molecule has 0 N–H and O–H groups in total. The maximum absolute atomic E-state index is 4.77. The van der Waals surface area contributed by atoms with Gasteiger partial charge in [0.1, 0.15) is 11.2 Å². The molecular formula is C55H34N4S. The number of hydrogen-bond acceptors (Lipinski definition) is 5. The van der Waals surface area contributed by atoms with Gasteiger partial charge in [-0.25, -0.2) is 15.0 Å². The summed E-state index contributed by atoms with van der Waals surface area (Å²) in [5, 5.41) is 11.1. The lowest BCUT2D eigenvalue weighted by Crippen LogP contribution is -2.09. The second-order valence-corrected chi connectivity index (χ2v) is 16.4. The standard InChI is InChI=1S/C55H34N4S/c1-3-8-40-30-46-32-42(11-13-44(46)28-38(40)6-1)35-15-21-48(22-16-35)59(50-25-19-37(20-26-50)52-54-53(58-34-57-52)51-10-5-27-56-55(51)60-54)49-23-17-36(18-24-49)43-12-14-45-29-39-7-2-4-9-41(39)31-47(45)33-43/h1-34H. The summed E-state index contributed by atoms with van der Waals surface area (Å²) in [7, 11) is 0. The summed E-state index contributed by atoms with van der Waals surface area (Å²) in [6, 6.07) is 70.4. The first kappa shape index (κ1) is 34.3. The van der Waals surface area contributed by atoms with E-state index in [1.807, 2.05) is 12.3 Å². The zero-order valence-corrected chi connectivity index (χ0v) is 33.1. The SMILES string of the molecule is c1ccc2cc3cc(-c4ccc(N(c5ccc(-c6ccc7cc8ccccc8cc7c6)cc5)c5ccc(-c6ncnc7c6sc6ncccc67)cc5)cc4)ccc3cc2c1. The highest BCUT2D eigenvalue weighted by Gasteiger charge is 2.17. The molecule has 5 heteroatoms. The van der Waals surface area contributed by atoms with Crippen molar-refractivity contribution in [3.63, 3.8) is 0 Å². The molecule has 60 heavy (non-hydrogen) atoms. The van der Waals surface area contributed by atoms with E-state index < -0.39 is 0 Å². The Balaban J connectivity index is 0.922. The Hall–Kier alpha value is -7.73. The maximum atomic E-state index is 4.77. The number of anilines is 3. The summed E-state index contributed by atoms with van der Waals surface area (Å²) >= 11 is 1.64. The summed E-state index contributed by atoms with van der Waals surface area (Å²) in [5.41, 5.74) is 10.8. The van der Waals surface area contributed by atoms with Crippen LogP contribution in [0.2, 0.25) is 0 Å². The number of rotatable bonds is 6. The van der Waals surface area contributed by atoms with Gasteiger partial charge in [-0.05, 0) is 150 Å². The fraction of sp³-hybridized carbons (Fsp3) is 0. The van der Waals surface area contributed by atoms with Gasteiger partial charge in [-0.2, -0.15) is 0 Å². The van der Waals surface area contributed by atoms with Gasteiger partial charge in [0.25, 0.3) is 0 Å². The van der Waals surface area contributed by atoms with Crippen molar-refractivity contribution < 1.29 is 0 Å². The van der Waals surface area contributed by atoms with E-state index in [0.29, 0.717) is 0 Å². The van der Waals surface area contributed by atoms with Crippen molar-refractivity contribution in [2.45, 2.75) is 0 Å². The Morgan fingerprint density at radius 2 is 0.800 bits per heavy atom. The highest BCUT2D eigenvalue weighted by atomic mass is 32.1. The Kier molecular flexibility index (Phi) is 8.00. The van der Waals surface area contributed by atoms with Crippen molar-refractivity contribution in [2.75, 3.05) is 4.90 Å². The van der Waals surface area contributed by atoms with Crippen LogP contribution >= 0.6 is 11.3 Å². The minimum absolute atomic E-state index is 0.918. The normalized spacial score (nSPS) is 11.7. The quantitative estimate of drug-likeness (QED) is 0.158. The Morgan fingerprint density at radius 1 is 0.350 bits per heavy atom. The van der Waals surface area contributed by atoms with Gasteiger partial charge in [0, 0.05) is 34.2 Å². The first-order valence-electron chi connectivity index (χ1n) is 20.1. The molecule has 3 aromatic heterocycles. The number of nitrogens with zero attached hydrogens (tertiary/aromatic N) is 4. The van der Waals surface area contributed by atoms with E-state index >= 15 is 0 Å². The summed E-state index contributed by atoms with van der Waals surface area (Å²) in [6.45, 7) is 0. The predicted octanol–water partition coefficient (Wildman–Crippen LogP) is 15.3. The number of thiophene rings is 1. The molecule has 0 unspecified atom stereocenters. The van der Waals surface area contributed by atoms with Gasteiger partial charge in [0.2, 0.25) is 0 Å². The van der Waals surface area contributed by atoms with Crippen molar-refractivity contribution >= 4 is 91.9 Å². The van der Waals surface area contributed by atoms with Gasteiger partial charge >= 0.3 is 0 Å². The number of aromatic nitrogens is 3. The molecule has 4 nitrogen and oxygen atoms in total. The second-order valence-electron chi connectivity index (χ2n) is 15.4. The summed E-state index contributed by atoms with van der Waals surface area (Å²) in [5.74, 6) is 0. The van der Waals surface area contributed by atoms with Crippen LogP contribution in [0.15, 0.2) is 207 Å². The number of fused-ring (bicyclic) bond motifs is 7. The van der Waals surface area contributed by atoms with E-state index in [1.165, 1.54) is 65.3 Å². The first-order valence-corrected chi connectivity index (χ1v) is 21.0. The fourth-order valence-corrected chi connectivity index (χ4v) is 9.79. The third-order valence-electron chi connectivity index (χ3n) is 11.8. The van der Waals surface area contributed by atoms with Crippen LogP contribution in [0.3, 0.4) is 0 Å². The first-order chi connectivity index (χ1) is 29.7. The fourth-order valence-electron chi connectivity index (χ4n) is 8.68. The molecule has 12 rings (SSSR count). The molecule has 280 valence electrons. The Labute approximate surface area is 350 Å². The molecule has 0 saturated heterocycles. The van der Waals surface area contributed by atoms with Crippen LogP contribution in [0, 0.1) is 0 Å². The minimum Gasteiger partial charge on any atom is -0.311 e. The van der Waals surface area contributed by atoms with E-state index in [2.05, 4.69) is 203 Å². The summed E-state index contributed by atoms with van der Waals surface area (Å²) < 4.78 is 1.05. The van der Waals surface area contributed by atoms with Gasteiger partial charge in [-0.3, -0.25) is 0 Å². The zero-order chi connectivity index (χ0) is 39.6. The monoisotopic (exact) mass is 782 g/mol. The van der Waals surface area contributed by atoms with Crippen LogP contribution in [-0.4, -0.2) is 15.0 Å². The van der Waals surface area contributed by atoms with E-state index in [1.54, 1.807) is 17.7 Å². The lowest BCUT2D eigenvalue weighted by molar-refractivity contribution is 1.23. The number of benzene rings is 9. The average Bonchev–Trinajstić information content (AvgIpc) is 3.70. The van der Waals surface area contributed by atoms with Crippen molar-refractivity contribution in [2.24, 2.45) is 0 Å². The molecule has 3 heterocycles. The average molecular weight is 783 g/mol. The molecule has 0 spiro atoms.